The van der Waals surface area contributed by atoms with Gasteiger partial charge in [-0.15, -0.1) is 10.2 Å². The van der Waals surface area contributed by atoms with E-state index < -0.39 is 23.6 Å². The monoisotopic (exact) mass is 356 g/mol. The summed E-state index contributed by atoms with van der Waals surface area (Å²) in [5.74, 6) is -0.406. The van der Waals surface area contributed by atoms with Gasteiger partial charge in [0.2, 0.25) is 5.95 Å². The lowest BCUT2D eigenvalue weighted by Gasteiger charge is -2.15. The van der Waals surface area contributed by atoms with E-state index in [1.54, 1.807) is 6.92 Å². The number of aromatic nitrogens is 3. The molecule has 0 saturated carbocycles. The zero-order valence-electron chi connectivity index (χ0n) is 13.1. The number of alkyl halides is 3. The maximum absolute atomic E-state index is 12.7. The van der Waals surface area contributed by atoms with Gasteiger partial charge >= 0.3 is 6.18 Å². The molecule has 0 unspecified atom stereocenters. The number of benzene rings is 1. The minimum Gasteiger partial charge on any atom is -0.507 e. The maximum atomic E-state index is 12.7. The number of nitrogens with one attached hydrogen (secondary N) is 1. The molecular formula is C15H15F3N4O3. The first kappa shape index (κ1) is 17.4. The molecule has 1 aromatic carbocycles. The predicted octanol–water partition coefficient (Wildman–Crippen LogP) is 1.74. The second-order valence-corrected chi connectivity index (χ2v) is 5.65. The number of phenolic OH excluding ortho intramolecular Hbond substituents is 1. The molecule has 1 aliphatic rings. The Kier molecular flexibility index (Phi) is 4.48. The number of aliphatic hydroxyl groups excluding tert-OH is 1. The fourth-order valence-corrected chi connectivity index (χ4v) is 2.47. The molecule has 1 saturated heterocycles. The molecule has 3 rings (SSSR count). The van der Waals surface area contributed by atoms with Crippen LogP contribution in [0, 0.1) is 6.92 Å². The van der Waals surface area contributed by atoms with E-state index in [0.717, 1.165) is 12.1 Å². The van der Waals surface area contributed by atoms with E-state index in [1.807, 2.05) is 0 Å². The summed E-state index contributed by atoms with van der Waals surface area (Å²) in [6, 6.07) is 2.24. The molecule has 134 valence electrons. The first-order valence-electron chi connectivity index (χ1n) is 7.40. The van der Waals surface area contributed by atoms with E-state index in [-0.39, 0.29) is 29.9 Å². The van der Waals surface area contributed by atoms with E-state index in [2.05, 4.69) is 20.5 Å². The number of hydrogen-bond donors (Lipinski definition) is 3. The summed E-state index contributed by atoms with van der Waals surface area (Å²) in [6.45, 7) is 2.10. The molecule has 2 atom stereocenters. The lowest BCUT2D eigenvalue weighted by molar-refractivity contribution is -0.137. The number of ether oxygens (including phenoxy) is 1. The van der Waals surface area contributed by atoms with Crippen molar-refractivity contribution < 1.29 is 28.1 Å². The van der Waals surface area contributed by atoms with E-state index in [0.29, 0.717) is 18.4 Å². The van der Waals surface area contributed by atoms with Gasteiger partial charge in [0.1, 0.15) is 11.4 Å². The van der Waals surface area contributed by atoms with Crippen LogP contribution in [0.1, 0.15) is 11.3 Å². The zero-order chi connectivity index (χ0) is 18.2. The van der Waals surface area contributed by atoms with Crippen molar-refractivity contribution in [3.05, 3.63) is 29.5 Å². The molecule has 1 aliphatic heterocycles. The number of phenols is 1. The number of hydrogen-bond acceptors (Lipinski definition) is 7. The lowest BCUT2D eigenvalue weighted by atomic mass is 10.1. The first-order chi connectivity index (χ1) is 11.8. The minimum atomic E-state index is -4.55. The van der Waals surface area contributed by atoms with Crippen molar-refractivity contribution >= 4 is 5.95 Å². The van der Waals surface area contributed by atoms with Crippen molar-refractivity contribution in [2.45, 2.75) is 25.2 Å². The molecule has 0 bridgehead atoms. The summed E-state index contributed by atoms with van der Waals surface area (Å²) in [5.41, 5.74) is -0.330. The van der Waals surface area contributed by atoms with Crippen molar-refractivity contribution in [2.75, 3.05) is 18.5 Å². The smallest absolute Gasteiger partial charge is 0.416 e. The molecule has 25 heavy (non-hydrogen) atoms. The molecule has 0 amide bonds. The van der Waals surface area contributed by atoms with E-state index in [1.165, 1.54) is 0 Å². The summed E-state index contributed by atoms with van der Waals surface area (Å²) in [5, 5.41) is 30.3. The molecule has 2 heterocycles. The highest BCUT2D eigenvalue weighted by atomic mass is 19.4. The van der Waals surface area contributed by atoms with Crippen molar-refractivity contribution in [3.8, 4) is 17.0 Å². The molecular weight excluding hydrogens is 341 g/mol. The van der Waals surface area contributed by atoms with E-state index in [9.17, 15) is 23.4 Å². The van der Waals surface area contributed by atoms with Gasteiger partial charge in [0.25, 0.3) is 0 Å². The summed E-state index contributed by atoms with van der Waals surface area (Å²) in [4.78, 5) is 4.18. The number of anilines is 1. The maximum Gasteiger partial charge on any atom is 0.416 e. The van der Waals surface area contributed by atoms with Crippen LogP contribution in [-0.2, 0) is 10.9 Å². The summed E-state index contributed by atoms with van der Waals surface area (Å²) in [7, 11) is 0. The molecule has 0 radical (unpaired) electrons. The number of halogens is 3. The average molecular weight is 356 g/mol. The van der Waals surface area contributed by atoms with Gasteiger partial charge in [-0.2, -0.15) is 13.2 Å². The van der Waals surface area contributed by atoms with Gasteiger partial charge in [-0.25, -0.2) is 4.98 Å². The van der Waals surface area contributed by atoms with Gasteiger partial charge in [-0.05, 0) is 25.1 Å². The standard InChI is InChI=1S/C15H15F3N4O3/c1-7-13(9-3-2-8(4-11(9)23)15(16,17)18)21-22-14(19-7)20-10-5-25-6-12(10)24/h2-4,10,12,23-24H,5-6H2,1H3,(H,19,20,22)/t10-,12-/m1/s1. The zero-order valence-corrected chi connectivity index (χ0v) is 13.1. The van der Waals surface area contributed by atoms with Crippen LogP contribution in [0.4, 0.5) is 19.1 Å². The number of nitrogens with zero attached hydrogens (tertiary/aromatic N) is 3. The minimum absolute atomic E-state index is 0.0984. The van der Waals surface area contributed by atoms with Crippen molar-refractivity contribution in [2.24, 2.45) is 0 Å². The second kappa shape index (κ2) is 6.45. The van der Waals surface area contributed by atoms with Crippen molar-refractivity contribution in [3.63, 3.8) is 0 Å². The fraction of sp³-hybridized carbons (Fsp3) is 0.400. The number of aliphatic hydroxyl groups is 1. The van der Waals surface area contributed by atoms with Crippen LogP contribution in [-0.4, -0.2) is 50.8 Å². The van der Waals surface area contributed by atoms with Gasteiger partial charge in [0.05, 0.1) is 36.6 Å². The molecule has 0 spiro atoms. The van der Waals surface area contributed by atoms with Crippen molar-refractivity contribution in [1.82, 2.24) is 15.2 Å². The second-order valence-electron chi connectivity index (χ2n) is 5.65. The Morgan fingerprint density at radius 3 is 2.56 bits per heavy atom. The van der Waals surface area contributed by atoms with Gasteiger partial charge in [0.15, 0.2) is 0 Å². The molecule has 10 heteroatoms. The quantitative estimate of drug-likeness (QED) is 0.770. The molecule has 1 aromatic heterocycles. The third kappa shape index (κ3) is 3.64. The van der Waals surface area contributed by atoms with Gasteiger partial charge in [0, 0.05) is 5.56 Å². The van der Waals surface area contributed by atoms with Gasteiger partial charge in [-0.1, -0.05) is 0 Å². The number of aromatic hydroxyl groups is 1. The summed E-state index contributed by atoms with van der Waals surface area (Å²) >= 11 is 0. The molecule has 1 fully saturated rings. The van der Waals surface area contributed by atoms with Crippen molar-refractivity contribution in [1.29, 1.82) is 0 Å². The van der Waals surface area contributed by atoms with E-state index >= 15 is 0 Å². The molecule has 3 N–H and O–H groups in total. The molecule has 0 aliphatic carbocycles. The molecule has 7 nitrogen and oxygen atoms in total. The van der Waals surface area contributed by atoms with Crippen LogP contribution >= 0.6 is 0 Å². The highest BCUT2D eigenvalue weighted by Gasteiger charge is 2.31. The number of rotatable bonds is 3. The highest BCUT2D eigenvalue weighted by Crippen LogP contribution is 2.36. The van der Waals surface area contributed by atoms with Crippen LogP contribution in [0.3, 0.4) is 0 Å². The number of aryl methyl sites for hydroxylation is 1. The van der Waals surface area contributed by atoms with Crippen LogP contribution in [0.25, 0.3) is 11.3 Å². The Balaban J connectivity index is 1.86. The highest BCUT2D eigenvalue weighted by molar-refractivity contribution is 5.69. The Bertz CT molecular complexity index is 785. The van der Waals surface area contributed by atoms with Crippen LogP contribution in [0.2, 0.25) is 0 Å². The SMILES string of the molecule is Cc1nc(N[C@@H]2COC[C@H]2O)nnc1-c1ccc(C(F)(F)F)cc1O. The normalized spacial score (nSPS) is 20.7. The largest absolute Gasteiger partial charge is 0.507 e. The topological polar surface area (TPSA) is 100 Å². The van der Waals surface area contributed by atoms with Gasteiger partial charge in [-0.3, -0.25) is 0 Å². The lowest BCUT2D eigenvalue weighted by Crippen LogP contribution is -2.32. The van der Waals surface area contributed by atoms with E-state index in [4.69, 9.17) is 4.74 Å². The Hall–Kier alpha value is -2.46. The van der Waals surface area contributed by atoms with Crippen LogP contribution in [0.5, 0.6) is 5.75 Å². The summed E-state index contributed by atoms with van der Waals surface area (Å²) in [6.07, 6.45) is -5.24. The predicted molar refractivity (Wildman–Crippen MR) is 80.9 cm³/mol. The summed E-state index contributed by atoms with van der Waals surface area (Å²) < 4.78 is 43.1. The Morgan fingerprint density at radius 1 is 1.24 bits per heavy atom. The van der Waals surface area contributed by atoms with Gasteiger partial charge < -0.3 is 20.3 Å². The average Bonchev–Trinajstić information content (AvgIpc) is 2.92. The molecule has 2 aromatic rings. The third-order valence-corrected chi connectivity index (χ3v) is 3.81. The van der Waals surface area contributed by atoms with Crippen LogP contribution in [0.15, 0.2) is 18.2 Å². The Labute approximate surface area is 140 Å². The Morgan fingerprint density at radius 2 is 2.00 bits per heavy atom. The fourth-order valence-electron chi connectivity index (χ4n) is 2.47. The first-order valence-corrected chi connectivity index (χ1v) is 7.40. The van der Waals surface area contributed by atoms with Crippen LogP contribution < -0.4 is 5.32 Å². The third-order valence-electron chi connectivity index (χ3n) is 3.81.